The van der Waals surface area contributed by atoms with E-state index in [0.717, 1.165) is 6.07 Å². The lowest BCUT2D eigenvalue weighted by Gasteiger charge is -2.03. The van der Waals surface area contributed by atoms with Crippen molar-refractivity contribution < 1.29 is 13.6 Å². The van der Waals surface area contributed by atoms with E-state index in [-0.39, 0.29) is 15.2 Å². The number of aldehydes is 1. The van der Waals surface area contributed by atoms with Crippen LogP contribution in [0.1, 0.15) is 22.5 Å². The van der Waals surface area contributed by atoms with E-state index in [4.69, 9.17) is 11.6 Å². The Morgan fingerprint density at radius 3 is 2.69 bits per heavy atom. The van der Waals surface area contributed by atoms with E-state index >= 15 is 0 Å². The Bertz CT molecular complexity index is 346. The van der Waals surface area contributed by atoms with Gasteiger partial charge in [-0.2, -0.15) is 0 Å². The molecule has 0 spiro atoms. The Balaban J connectivity index is 3.32. The first-order chi connectivity index (χ1) is 6.06. The Kier molecular flexibility index (Phi) is 3.33. The summed E-state index contributed by atoms with van der Waals surface area (Å²) in [4.78, 5) is 13.8. The number of rotatable bonds is 2. The maximum absolute atomic E-state index is 12.2. The lowest BCUT2D eigenvalue weighted by molar-refractivity contribution is 0.110. The van der Waals surface area contributed by atoms with Gasteiger partial charge in [0.2, 0.25) is 0 Å². The topological polar surface area (TPSA) is 30.0 Å². The van der Waals surface area contributed by atoms with E-state index in [9.17, 15) is 13.6 Å². The molecule has 13 heavy (non-hydrogen) atoms. The molecule has 1 aromatic rings. The molecule has 0 radical (unpaired) electrons. The molecular formula is C7H3BrClF2NO. The number of halogens is 4. The molecule has 0 aliphatic rings. The minimum absolute atomic E-state index is 0.107. The highest BCUT2D eigenvalue weighted by Crippen LogP contribution is 2.27. The fraction of sp³-hybridized carbons (Fsp3) is 0.143. The van der Waals surface area contributed by atoms with Crippen LogP contribution < -0.4 is 0 Å². The summed E-state index contributed by atoms with van der Waals surface area (Å²) in [7, 11) is 0. The fourth-order valence-corrected chi connectivity index (χ4v) is 1.23. The van der Waals surface area contributed by atoms with E-state index in [2.05, 4.69) is 20.9 Å². The van der Waals surface area contributed by atoms with Crippen LogP contribution in [0.5, 0.6) is 0 Å². The number of carbonyl (C=O) groups excluding carboxylic acids is 1. The number of carbonyl (C=O) groups is 1. The van der Waals surface area contributed by atoms with Gasteiger partial charge in [-0.15, -0.1) is 0 Å². The molecule has 0 saturated carbocycles. The van der Waals surface area contributed by atoms with E-state index in [1.54, 1.807) is 0 Å². The van der Waals surface area contributed by atoms with Gasteiger partial charge in [-0.3, -0.25) is 4.79 Å². The minimum atomic E-state index is -2.78. The molecule has 1 aromatic heterocycles. The van der Waals surface area contributed by atoms with Crippen molar-refractivity contribution in [2.24, 2.45) is 0 Å². The first kappa shape index (κ1) is 10.5. The first-order valence-electron chi connectivity index (χ1n) is 3.15. The standard InChI is InChI=1S/C7H3BrClF2NO/c8-6-4(9)1-3(2-13)5(12-6)7(10)11/h1-2,7H. The molecule has 0 N–H and O–H groups in total. The third-order valence-electron chi connectivity index (χ3n) is 1.33. The highest BCUT2D eigenvalue weighted by Gasteiger charge is 2.16. The highest BCUT2D eigenvalue weighted by molar-refractivity contribution is 9.10. The SMILES string of the molecule is O=Cc1cc(Cl)c(Br)nc1C(F)F. The minimum Gasteiger partial charge on any atom is -0.298 e. The van der Waals surface area contributed by atoms with Gasteiger partial charge < -0.3 is 0 Å². The molecule has 6 heteroatoms. The van der Waals surface area contributed by atoms with Gasteiger partial charge in [0.25, 0.3) is 6.43 Å². The average Bonchev–Trinajstić information content (AvgIpc) is 2.08. The van der Waals surface area contributed by atoms with Crippen molar-refractivity contribution in [1.82, 2.24) is 4.98 Å². The third-order valence-corrected chi connectivity index (χ3v) is 2.45. The van der Waals surface area contributed by atoms with Gasteiger partial charge in [0.1, 0.15) is 10.3 Å². The molecule has 0 aliphatic carbocycles. The van der Waals surface area contributed by atoms with Crippen molar-refractivity contribution >= 4 is 33.8 Å². The molecule has 0 amide bonds. The van der Waals surface area contributed by atoms with Crippen molar-refractivity contribution in [3.8, 4) is 0 Å². The molecule has 0 saturated heterocycles. The summed E-state index contributed by atoms with van der Waals surface area (Å²) in [5.74, 6) is 0. The molecule has 70 valence electrons. The molecule has 0 atom stereocenters. The predicted octanol–water partition coefficient (Wildman–Crippen LogP) is 3.25. The molecular weight excluding hydrogens is 267 g/mol. The van der Waals surface area contributed by atoms with E-state index in [1.165, 1.54) is 0 Å². The second kappa shape index (κ2) is 4.11. The van der Waals surface area contributed by atoms with Crippen LogP contribution in [0.15, 0.2) is 10.7 Å². The summed E-state index contributed by atoms with van der Waals surface area (Å²) in [6.45, 7) is 0. The maximum atomic E-state index is 12.2. The van der Waals surface area contributed by atoms with Crippen LogP contribution in [0.2, 0.25) is 5.02 Å². The number of pyridine rings is 1. The van der Waals surface area contributed by atoms with Crippen LogP contribution in [0.3, 0.4) is 0 Å². The lowest BCUT2D eigenvalue weighted by atomic mass is 10.2. The summed E-state index contributed by atoms with van der Waals surface area (Å²) >= 11 is 8.44. The van der Waals surface area contributed by atoms with E-state index in [0.29, 0.717) is 6.29 Å². The summed E-state index contributed by atoms with van der Waals surface area (Å²) in [6, 6.07) is 1.15. The second-order valence-corrected chi connectivity index (χ2v) is 3.31. The normalized spacial score (nSPS) is 10.5. The van der Waals surface area contributed by atoms with Crippen molar-refractivity contribution in [3.05, 3.63) is 26.9 Å². The molecule has 2 nitrogen and oxygen atoms in total. The Morgan fingerprint density at radius 2 is 2.23 bits per heavy atom. The summed E-state index contributed by atoms with van der Waals surface area (Å²) in [6.07, 6.45) is -2.49. The Labute approximate surface area is 86.0 Å². The van der Waals surface area contributed by atoms with Crippen molar-refractivity contribution in [1.29, 1.82) is 0 Å². The van der Waals surface area contributed by atoms with Gasteiger partial charge in [0.05, 0.1) is 5.02 Å². The highest BCUT2D eigenvalue weighted by atomic mass is 79.9. The van der Waals surface area contributed by atoms with Crippen LogP contribution in [0, 0.1) is 0 Å². The zero-order valence-electron chi connectivity index (χ0n) is 6.10. The van der Waals surface area contributed by atoms with Gasteiger partial charge in [0.15, 0.2) is 6.29 Å². The smallest absolute Gasteiger partial charge is 0.281 e. The van der Waals surface area contributed by atoms with Gasteiger partial charge in [0, 0.05) is 5.56 Å². The summed E-state index contributed by atoms with van der Waals surface area (Å²) < 4.78 is 24.6. The number of aromatic nitrogens is 1. The number of hydrogen-bond donors (Lipinski definition) is 0. The molecule has 0 unspecified atom stereocenters. The van der Waals surface area contributed by atoms with E-state index in [1.807, 2.05) is 0 Å². The van der Waals surface area contributed by atoms with Gasteiger partial charge in [-0.1, -0.05) is 11.6 Å². The van der Waals surface area contributed by atoms with Crippen LogP contribution in [0.4, 0.5) is 8.78 Å². The number of nitrogens with zero attached hydrogens (tertiary/aromatic N) is 1. The first-order valence-corrected chi connectivity index (χ1v) is 4.32. The number of hydrogen-bond acceptors (Lipinski definition) is 2. The zero-order chi connectivity index (χ0) is 10.0. The van der Waals surface area contributed by atoms with Crippen LogP contribution in [0.25, 0.3) is 0 Å². The molecule has 0 bridgehead atoms. The van der Waals surface area contributed by atoms with E-state index < -0.39 is 12.1 Å². The largest absolute Gasteiger partial charge is 0.298 e. The second-order valence-electron chi connectivity index (χ2n) is 2.15. The molecule has 0 aromatic carbocycles. The monoisotopic (exact) mass is 269 g/mol. The molecule has 0 aliphatic heterocycles. The quantitative estimate of drug-likeness (QED) is 0.610. The Morgan fingerprint density at radius 1 is 1.62 bits per heavy atom. The van der Waals surface area contributed by atoms with Crippen LogP contribution >= 0.6 is 27.5 Å². The van der Waals surface area contributed by atoms with Gasteiger partial charge >= 0.3 is 0 Å². The summed E-state index contributed by atoms with van der Waals surface area (Å²) in [5, 5.41) is 0.131. The number of alkyl halides is 2. The lowest BCUT2D eigenvalue weighted by Crippen LogP contribution is -1.98. The van der Waals surface area contributed by atoms with Crippen LogP contribution in [-0.2, 0) is 0 Å². The maximum Gasteiger partial charge on any atom is 0.281 e. The van der Waals surface area contributed by atoms with Crippen LogP contribution in [-0.4, -0.2) is 11.3 Å². The van der Waals surface area contributed by atoms with Crippen molar-refractivity contribution in [2.45, 2.75) is 6.43 Å². The molecule has 1 heterocycles. The van der Waals surface area contributed by atoms with Gasteiger partial charge in [-0.25, -0.2) is 13.8 Å². The average molecular weight is 270 g/mol. The van der Waals surface area contributed by atoms with Crippen molar-refractivity contribution in [3.63, 3.8) is 0 Å². The molecule has 0 fully saturated rings. The van der Waals surface area contributed by atoms with Crippen molar-refractivity contribution in [2.75, 3.05) is 0 Å². The summed E-state index contributed by atoms with van der Waals surface area (Å²) in [5.41, 5.74) is -0.755. The van der Waals surface area contributed by atoms with Gasteiger partial charge in [-0.05, 0) is 22.0 Å². The predicted molar refractivity (Wildman–Crippen MR) is 47.3 cm³/mol. The Hall–Kier alpha value is -0.550. The third kappa shape index (κ3) is 2.22. The zero-order valence-corrected chi connectivity index (χ0v) is 8.44. The fourth-order valence-electron chi connectivity index (χ4n) is 0.763. The molecule has 1 rings (SSSR count).